The van der Waals surface area contributed by atoms with Crippen LogP contribution in [-0.4, -0.2) is 38.4 Å². The lowest BCUT2D eigenvalue weighted by atomic mass is 9.96. The molecule has 0 saturated carbocycles. The summed E-state index contributed by atoms with van der Waals surface area (Å²) in [6.45, 7) is 2.04. The van der Waals surface area contributed by atoms with E-state index in [0.717, 1.165) is 30.9 Å². The third kappa shape index (κ3) is 4.08. The molecule has 1 atom stereocenters. The van der Waals surface area contributed by atoms with Crippen LogP contribution in [0, 0.1) is 5.82 Å². The summed E-state index contributed by atoms with van der Waals surface area (Å²) in [6, 6.07) is 6.48. The highest BCUT2D eigenvalue weighted by molar-refractivity contribution is 7.07. The summed E-state index contributed by atoms with van der Waals surface area (Å²) in [7, 11) is 0. The number of amides is 1. The van der Waals surface area contributed by atoms with Crippen molar-refractivity contribution < 1.29 is 9.18 Å². The maximum absolute atomic E-state index is 13.9. The lowest BCUT2D eigenvalue weighted by Crippen LogP contribution is -2.40. The highest BCUT2D eigenvalue weighted by Crippen LogP contribution is 2.27. The average Bonchev–Trinajstić information content (AvgIpc) is 3.36. The van der Waals surface area contributed by atoms with E-state index in [4.69, 9.17) is 0 Å². The van der Waals surface area contributed by atoms with Crippen LogP contribution in [-0.2, 0) is 17.8 Å². The summed E-state index contributed by atoms with van der Waals surface area (Å²) in [5, 5.41) is 2.04. The summed E-state index contributed by atoms with van der Waals surface area (Å²) in [6.07, 6.45) is 5.80. The normalized spacial score (nSPS) is 17.2. The monoisotopic (exact) mass is 384 g/mol. The van der Waals surface area contributed by atoms with Gasteiger partial charge in [0.2, 0.25) is 5.91 Å². The zero-order valence-corrected chi connectivity index (χ0v) is 15.7. The Morgan fingerprint density at radius 1 is 1.30 bits per heavy atom. The largest absolute Gasteiger partial charge is 0.342 e. The van der Waals surface area contributed by atoms with Gasteiger partial charge < -0.3 is 9.47 Å². The lowest BCUT2D eigenvalue weighted by molar-refractivity contribution is -0.131. The molecule has 0 spiro atoms. The summed E-state index contributed by atoms with van der Waals surface area (Å²) in [5.41, 5.74) is 3.30. The van der Waals surface area contributed by atoms with Crippen molar-refractivity contribution in [2.45, 2.75) is 31.7 Å². The number of likely N-dealkylation sites (tertiary alicyclic amines) is 1. The Balaban J connectivity index is 1.45. The molecule has 4 rings (SSSR count). The van der Waals surface area contributed by atoms with Gasteiger partial charge in [-0.2, -0.15) is 0 Å². The van der Waals surface area contributed by atoms with Gasteiger partial charge in [0.1, 0.15) is 11.6 Å². The first-order chi connectivity index (χ1) is 13.2. The van der Waals surface area contributed by atoms with E-state index >= 15 is 0 Å². The van der Waals surface area contributed by atoms with Gasteiger partial charge >= 0.3 is 0 Å². The number of hydrogen-bond donors (Lipinski definition) is 0. The number of carbonyl (C=O) groups is 1. The number of halogens is 1. The third-order valence-electron chi connectivity index (χ3n) is 5.00. The first-order valence-electron chi connectivity index (χ1n) is 9.10. The second-order valence-electron chi connectivity index (χ2n) is 6.84. The minimum absolute atomic E-state index is 0.0255. The van der Waals surface area contributed by atoms with Crippen molar-refractivity contribution >= 4 is 17.2 Å². The number of benzene rings is 1. The fourth-order valence-corrected chi connectivity index (χ4v) is 4.18. The predicted molar refractivity (Wildman–Crippen MR) is 102 cm³/mol. The molecule has 0 bridgehead atoms. The maximum Gasteiger partial charge on any atom is 0.227 e. The second kappa shape index (κ2) is 8.00. The maximum atomic E-state index is 13.9. The van der Waals surface area contributed by atoms with Gasteiger partial charge in [0, 0.05) is 36.8 Å². The quantitative estimate of drug-likeness (QED) is 0.677. The molecule has 2 aromatic heterocycles. The number of aromatic nitrogens is 3. The number of piperidine rings is 1. The van der Waals surface area contributed by atoms with Crippen molar-refractivity contribution in [3.8, 4) is 0 Å². The predicted octanol–water partition coefficient (Wildman–Crippen LogP) is 3.48. The molecule has 0 aliphatic carbocycles. The SMILES string of the molecule is O=C(Cc1ccccc1F)N1CCC[C@@H](c2nccn2Cc2cscn2)C1. The van der Waals surface area contributed by atoms with Gasteiger partial charge in [-0.3, -0.25) is 4.79 Å². The highest BCUT2D eigenvalue weighted by atomic mass is 32.1. The van der Waals surface area contributed by atoms with Crippen molar-refractivity contribution in [3.05, 3.63) is 70.4 Å². The van der Waals surface area contributed by atoms with Crippen molar-refractivity contribution in [3.63, 3.8) is 0 Å². The minimum atomic E-state index is -0.321. The molecule has 140 valence electrons. The average molecular weight is 384 g/mol. The van der Waals surface area contributed by atoms with E-state index in [2.05, 4.69) is 14.5 Å². The fraction of sp³-hybridized carbons (Fsp3) is 0.350. The standard InChI is InChI=1S/C20H21FN4OS/c21-18-6-2-1-4-15(18)10-19(26)24-8-3-5-16(11-24)20-22-7-9-25(20)12-17-13-27-14-23-17/h1-2,4,6-7,9,13-14,16H,3,5,8,10-12H2/t16-/m1/s1. The Morgan fingerprint density at radius 3 is 3.00 bits per heavy atom. The number of hydrogen-bond acceptors (Lipinski definition) is 4. The van der Waals surface area contributed by atoms with E-state index in [9.17, 15) is 9.18 Å². The number of carbonyl (C=O) groups excluding carboxylic acids is 1. The first kappa shape index (κ1) is 17.9. The second-order valence-corrected chi connectivity index (χ2v) is 7.56. The van der Waals surface area contributed by atoms with Crippen LogP contribution >= 0.6 is 11.3 Å². The lowest BCUT2D eigenvalue weighted by Gasteiger charge is -2.33. The van der Waals surface area contributed by atoms with Crippen LogP contribution < -0.4 is 0 Å². The fourth-order valence-electron chi connectivity index (χ4n) is 3.64. The van der Waals surface area contributed by atoms with Gasteiger partial charge in [-0.15, -0.1) is 11.3 Å². The van der Waals surface area contributed by atoms with E-state index in [1.54, 1.807) is 29.5 Å². The van der Waals surface area contributed by atoms with E-state index in [1.165, 1.54) is 6.07 Å². The zero-order chi connectivity index (χ0) is 18.6. The molecule has 1 fully saturated rings. The zero-order valence-electron chi connectivity index (χ0n) is 14.9. The molecule has 1 aliphatic rings. The molecule has 3 heterocycles. The molecule has 1 aliphatic heterocycles. The van der Waals surface area contributed by atoms with Crippen LogP contribution in [0.4, 0.5) is 4.39 Å². The van der Waals surface area contributed by atoms with E-state index in [0.29, 0.717) is 18.7 Å². The molecule has 5 nitrogen and oxygen atoms in total. The summed E-state index contributed by atoms with van der Waals surface area (Å²) >= 11 is 1.58. The molecule has 1 amide bonds. The van der Waals surface area contributed by atoms with Gasteiger partial charge in [-0.05, 0) is 24.5 Å². The van der Waals surface area contributed by atoms with Gasteiger partial charge in [0.15, 0.2) is 0 Å². The molecular formula is C20H21FN4OS. The molecule has 7 heteroatoms. The molecule has 1 aromatic carbocycles. The molecule has 0 unspecified atom stereocenters. The van der Waals surface area contributed by atoms with Gasteiger partial charge in [-0.1, -0.05) is 18.2 Å². The Labute approximate surface area is 161 Å². The van der Waals surface area contributed by atoms with E-state index < -0.39 is 0 Å². The topological polar surface area (TPSA) is 51.0 Å². The van der Waals surface area contributed by atoms with E-state index in [-0.39, 0.29) is 24.1 Å². The number of nitrogens with zero attached hydrogens (tertiary/aromatic N) is 4. The Hall–Kier alpha value is -2.54. The van der Waals surface area contributed by atoms with Crippen LogP contribution in [0.25, 0.3) is 0 Å². The number of thiazole rings is 1. The number of imidazole rings is 1. The molecule has 1 saturated heterocycles. The van der Waals surface area contributed by atoms with Gasteiger partial charge in [-0.25, -0.2) is 14.4 Å². The smallest absolute Gasteiger partial charge is 0.227 e. The van der Waals surface area contributed by atoms with Crippen molar-refractivity contribution in [2.75, 3.05) is 13.1 Å². The Kier molecular flexibility index (Phi) is 5.29. The first-order valence-corrected chi connectivity index (χ1v) is 10.0. The van der Waals surface area contributed by atoms with Crippen LogP contribution in [0.2, 0.25) is 0 Å². The summed E-state index contributed by atoms with van der Waals surface area (Å²) in [5.74, 6) is 0.837. The highest BCUT2D eigenvalue weighted by Gasteiger charge is 2.27. The Bertz CT molecular complexity index is 908. The third-order valence-corrected chi connectivity index (χ3v) is 5.64. The summed E-state index contributed by atoms with van der Waals surface area (Å²) < 4.78 is 16.0. The number of rotatable bonds is 5. The molecule has 3 aromatic rings. The minimum Gasteiger partial charge on any atom is -0.342 e. The van der Waals surface area contributed by atoms with Crippen LogP contribution in [0.3, 0.4) is 0 Å². The Morgan fingerprint density at radius 2 is 2.19 bits per heavy atom. The van der Waals surface area contributed by atoms with Crippen LogP contribution in [0.5, 0.6) is 0 Å². The van der Waals surface area contributed by atoms with Crippen molar-refractivity contribution in [1.82, 2.24) is 19.4 Å². The molecule has 0 radical (unpaired) electrons. The molecule has 27 heavy (non-hydrogen) atoms. The summed E-state index contributed by atoms with van der Waals surface area (Å²) in [4.78, 5) is 23.4. The van der Waals surface area contributed by atoms with Crippen molar-refractivity contribution in [2.24, 2.45) is 0 Å². The van der Waals surface area contributed by atoms with Crippen molar-refractivity contribution in [1.29, 1.82) is 0 Å². The molecular weight excluding hydrogens is 363 g/mol. The molecule has 0 N–H and O–H groups in total. The van der Waals surface area contributed by atoms with Gasteiger partial charge in [0.25, 0.3) is 0 Å². The van der Waals surface area contributed by atoms with Crippen LogP contribution in [0.15, 0.2) is 47.5 Å². The van der Waals surface area contributed by atoms with E-state index in [1.807, 2.05) is 28.2 Å². The van der Waals surface area contributed by atoms with Crippen LogP contribution in [0.1, 0.15) is 35.8 Å². The van der Waals surface area contributed by atoms with Gasteiger partial charge in [0.05, 0.1) is 24.2 Å².